The normalized spacial score (nSPS) is 11.9. The Bertz CT molecular complexity index is 395. The summed E-state index contributed by atoms with van der Waals surface area (Å²) in [6, 6.07) is 0. The average Bonchev–Trinajstić information content (AvgIpc) is 2.47. The van der Waals surface area contributed by atoms with Gasteiger partial charge in [-0.15, -0.1) is 0 Å². The van der Waals surface area contributed by atoms with Crippen LogP contribution < -0.4 is 10.5 Å². The SMILES string of the molecule is CNS(=O)(=O)c1c(CN)n[nH]c1C. The van der Waals surface area contributed by atoms with Gasteiger partial charge in [-0.1, -0.05) is 0 Å². The summed E-state index contributed by atoms with van der Waals surface area (Å²) in [5.74, 6) is 0. The number of sulfonamides is 1. The quantitative estimate of drug-likeness (QED) is 0.593. The average molecular weight is 204 g/mol. The molecule has 0 aromatic carbocycles. The summed E-state index contributed by atoms with van der Waals surface area (Å²) in [7, 11) is -2.10. The smallest absolute Gasteiger partial charge is 0.244 e. The van der Waals surface area contributed by atoms with Gasteiger partial charge in [0.15, 0.2) is 0 Å². The number of aromatic nitrogens is 2. The van der Waals surface area contributed by atoms with Gasteiger partial charge in [0.25, 0.3) is 0 Å². The summed E-state index contributed by atoms with van der Waals surface area (Å²) in [5.41, 5.74) is 6.19. The van der Waals surface area contributed by atoms with E-state index in [9.17, 15) is 8.42 Å². The van der Waals surface area contributed by atoms with E-state index >= 15 is 0 Å². The van der Waals surface area contributed by atoms with Gasteiger partial charge in [0.05, 0.1) is 11.4 Å². The van der Waals surface area contributed by atoms with Gasteiger partial charge in [-0.25, -0.2) is 13.1 Å². The molecule has 1 rings (SSSR count). The molecule has 4 N–H and O–H groups in total. The number of aromatic amines is 1. The zero-order valence-corrected chi connectivity index (χ0v) is 8.27. The van der Waals surface area contributed by atoms with Crippen LogP contribution in [0, 0.1) is 6.92 Å². The van der Waals surface area contributed by atoms with Crippen molar-refractivity contribution in [3.63, 3.8) is 0 Å². The zero-order chi connectivity index (χ0) is 10.1. The molecule has 0 saturated heterocycles. The maximum atomic E-state index is 11.4. The van der Waals surface area contributed by atoms with E-state index in [1.165, 1.54) is 7.05 Å². The Morgan fingerprint density at radius 3 is 2.69 bits per heavy atom. The molecule has 7 heteroatoms. The Balaban J connectivity index is 3.35. The number of nitrogens with zero attached hydrogens (tertiary/aromatic N) is 1. The van der Waals surface area contributed by atoms with Crippen molar-refractivity contribution in [3.05, 3.63) is 11.4 Å². The molecule has 1 heterocycles. The fraction of sp³-hybridized carbons (Fsp3) is 0.500. The van der Waals surface area contributed by atoms with Gasteiger partial charge < -0.3 is 5.73 Å². The molecule has 0 aliphatic heterocycles. The van der Waals surface area contributed by atoms with Crippen LogP contribution in [-0.4, -0.2) is 25.7 Å². The predicted octanol–water partition coefficient (Wildman–Crippen LogP) is -0.915. The first-order valence-corrected chi connectivity index (χ1v) is 5.18. The van der Waals surface area contributed by atoms with Crippen molar-refractivity contribution in [1.29, 1.82) is 0 Å². The van der Waals surface area contributed by atoms with E-state index in [0.717, 1.165) is 0 Å². The third kappa shape index (κ3) is 1.71. The second-order valence-corrected chi connectivity index (χ2v) is 4.36. The van der Waals surface area contributed by atoms with Gasteiger partial charge in [0.2, 0.25) is 10.0 Å². The topological polar surface area (TPSA) is 101 Å². The van der Waals surface area contributed by atoms with Gasteiger partial charge in [-0.3, -0.25) is 5.10 Å². The first-order valence-electron chi connectivity index (χ1n) is 3.70. The molecule has 0 atom stereocenters. The summed E-state index contributed by atoms with van der Waals surface area (Å²) in [4.78, 5) is 0.150. The molecule has 1 aromatic heterocycles. The van der Waals surface area contributed by atoms with E-state index in [2.05, 4.69) is 14.9 Å². The van der Waals surface area contributed by atoms with Crippen molar-refractivity contribution in [3.8, 4) is 0 Å². The molecular formula is C6H12N4O2S. The highest BCUT2D eigenvalue weighted by molar-refractivity contribution is 7.89. The molecule has 74 valence electrons. The van der Waals surface area contributed by atoms with Gasteiger partial charge in [0, 0.05) is 6.54 Å². The van der Waals surface area contributed by atoms with Crippen molar-refractivity contribution in [2.45, 2.75) is 18.4 Å². The van der Waals surface area contributed by atoms with Gasteiger partial charge in [0.1, 0.15) is 4.90 Å². The molecule has 0 amide bonds. The van der Waals surface area contributed by atoms with Crippen LogP contribution in [0.5, 0.6) is 0 Å². The molecule has 0 bridgehead atoms. The predicted molar refractivity (Wildman–Crippen MR) is 47.5 cm³/mol. The first-order chi connectivity index (χ1) is 6.03. The number of hydrogen-bond acceptors (Lipinski definition) is 4. The van der Waals surface area contributed by atoms with Crippen molar-refractivity contribution >= 4 is 10.0 Å². The molecule has 0 saturated carbocycles. The summed E-state index contributed by atoms with van der Waals surface area (Å²) < 4.78 is 25.1. The number of rotatable bonds is 3. The van der Waals surface area contributed by atoms with Crippen LogP contribution in [-0.2, 0) is 16.6 Å². The molecule has 0 aliphatic carbocycles. The van der Waals surface area contributed by atoms with E-state index in [1.807, 2.05) is 0 Å². The monoisotopic (exact) mass is 204 g/mol. The molecule has 0 spiro atoms. The maximum Gasteiger partial charge on any atom is 0.244 e. The van der Waals surface area contributed by atoms with E-state index in [4.69, 9.17) is 5.73 Å². The molecule has 1 aromatic rings. The Hall–Kier alpha value is -0.920. The van der Waals surface area contributed by atoms with E-state index in [0.29, 0.717) is 11.4 Å². The minimum Gasteiger partial charge on any atom is -0.325 e. The van der Waals surface area contributed by atoms with Crippen LogP contribution >= 0.6 is 0 Å². The van der Waals surface area contributed by atoms with Gasteiger partial charge in [-0.2, -0.15) is 5.10 Å². The van der Waals surface area contributed by atoms with Crippen molar-refractivity contribution in [2.24, 2.45) is 5.73 Å². The van der Waals surface area contributed by atoms with Crippen molar-refractivity contribution in [1.82, 2.24) is 14.9 Å². The largest absolute Gasteiger partial charge is 0.325 e. The molecule has 0 unspecified atom stereocenters. The van der Waals surface area contributed by atoms with E-state index in [1.54, 1.807) is 6.92 Å². The maximum absolute atomic E-state index is 11.4. The molecule has 6 nitrogen and oxygen atoms in total. The number of nitrogens with two attached hydrogens (primary N) is 1. The second-order valence-electron chi connectivity index (χ2n) is 2.54. The van der Waals surface area contributed by atoms with Gasteiger partial charge in [-0.05, 0) is 14.0 Å². The van der Waals surface area contributed by atoms with Crippen LogP contribution in [0.3, 0.4) is 0 Å². The highest BCUT2D eigenvalue weighted by atomic mass is 32.2. The molecule has 13 heavy (non-hydrogen) atoms. The standard InChI is InChI=1S/C6H12N4O2S/c1-4-6(13(11,12)8-2)5(3-7)10-9-4/h8H,3,7H2,1-2H3,(H,9,10). The molecule has 0 fully saturated rings. The van der Waals surface area contributed by atoms with Crippen LogP contribution in [0.15, 0.2) is 4.90 Å². The third-order valence-corrected chi connectivity index (χ3v) is 3.31. The van der Waals surface area contributed by atoms with Gasteiger partial charge >= 0.3 is 0 Å². The number of H-pyrrole nitrogens is 1. The highest BCUT2D eigenvalue weighted by Crippen LogP contribution is 2.15. The van der Waals surface area contributed by atoms with Crippen LogP contribution in [0.2, 0.25) is 0 Å². The summed E-state index contributed by atoms with van der Waals surface area (Å²) in [6.45, 7) is 1.73. The summed E-state index contributed by atoms with van der Waals surface area (Å²) in [5, 5.41) is 6.36. The minimum absolute atomic E-state index is 0.0978. The lowest BCUT2D eigenvalue weighted by atomic mass is 10.4. The number of nitrogens with one attached hydrogen (secondary N) is 2. The Labute approximate surface area is 76.6 Å². The fourth-order valence-corrected chi connectivity index (χ4v) is 2.16. The highest BCUT2D eigenvalue weighted by Gasteiger charge is 2.21. The summed E-state index contributed by atoms with van der Waals surface area (Å²) >= 11 is 0. The lowest BCUT2D eigenvalue weighted by molar-refractivity contribution is 0.586. The van der Waals surface area contributed by atoms with Crippen LogP contribution in [0.1, 0.15) is 11.4 Å². The van der Waals surface area contributed by atoms with Crippen molar-refractivity contribution < 1.29 is 8.42 Å². The Morgan fingerprint density at radius 2 is 2.23 bits per heavy atom. The molecular weight excluding hydrogens is 192 g/mol. The van der Waals surface area contributed by atoms with Crippen LogP contribution in [0.4, 0.5) is 0 Å². The number of hydrogen-bond donors (Lipinski definition) is 3. The third-order valence-electron chi connectivity index (χ3n) is 1.69. The number of aryl methyl sites for hydroxylation is 1. The Kier molecular flexibility index (Phi) is 2.69. The molecule has 0 aliphatic rings. The Morgan fingerprint density at radius 1 is 1.62 bits per heavy atom. The lowest BCUT2D eigenvalue weighted by Gasteiger charge is -2.01. The molecule has 0 radical (unpaired) electrons. The lowest BCUT2D eigenvalue weighted by Crippen LogP contribution is -2.21. The summed E-state index contributed by atoms with van der Waals surface area (Å²) in [6.07, 6.45) is 0. The van der Waals surface area contributed by atoms with E-state index in [-0.39, 0.29) is 11.4 Å². The van der Waals surface area contributed by atoms with Crippen molar-refractivity contribution in [2.75, 3.05) is 7.05 Å². The fourth-order valence-electron chi connectivity index (χ4n) is 1.07. The second kappa shape index (κ2) is 3.44. The van der Waals surface area contributed by atoms with Crippen LogP contribution in [0.25, 0.3) is 0 Å². The first kappa shape index (κ1) is 10.2. The van der Waals surface area contributed by atoms with E-state index < -0.39 is 10.0 Å². The zero-order valence-electron chi connectivity index (χ0n) is 7.46. The minimum atomic E-state index is -3.45.